The van der Waals surface area contributed by atoms with Gasteiger partial charge in [0.25, 0.3) is 5.69 Å². The van der Waals surface area contributed by atoms with Crippen LogP contribution in [-0.4, -0.2) is 121 Å². The van der Waals surface area contributed by atoms with Crippen molar-refractivity contribution in [2.45, 2.75) is 68.0 Å². The molecule has 16 nitrogen and oxygen atoms in total. The zero-order valence-electron chi connectivity index (χ0n) is 21.7. The number of carbonyl (C=O) groups excluding carboxylic acids is 1. The van der Waals surface area contributed by atoms with Crippen LogP contribution in [0.15, 0.2) is 42.7 Å². The van der Waals surface area contributed by atoms with Crippen LogP contribution in [0.4, 0.5) is 5.69 Å². The number of ether oxygens (including phenoxy) is 5. The summed E-state index contributed by atoms with van der Waals surface area (Å²) < 4.78 is 27.3. The molecule has 230 valence electrons. The molecule has 3 heterocycles. The van der Waals surface area contributed by atoms with Gasteiger partial charge < -0.3 is 54.3 Å². The molecule has 6 N–H and O–H groups in total. The highest BCUT2D eigenvalue weighted by Gasteiger charge is 2.51. The molecule has 2 fully saturated rings. The molecular formula is C25H29ClN2O14. The van der Waals surface area contributed by atoms with E-state index in [1.165, 1.54) is 36.7 Å². The molecule has 2 aliphatic rings. The summed E-state index contributed by atoms with van der Waals surface area (Å²) in [4.78, 5) is 26.5. The molecule has 0 bridgehead atoms. The lowest BCUT2D eigenvalue weighted by Crippen LogP contribution is -2.64. The molecule has 0 saturated carbocycles. The third kappa shape index (κ3) is 7.19. The lowest BCUT2D eigenvalue weighted by molar-refractivity contribution is -0.384. The number of aliphatic hydroxyl groups excluding tert-OH is 6. The molecule has 4 rings (SSSR count). The predicted octanol–water partition coefficient (Wildman–Crippen LogP) is -1.35. The van der Waals surface area contributed by atoms with Gasteiger partial charge in [0.05, 0.1) is 23.7 Å². The molecule has 2 saturated heterocycles. The van der Waals surface area contributed by atoms with Gasteiger partial charge in [-0.05, 0) is 23.8 Å². The number of pyridine rings is 1. The van der Waals surface area contributed by atoms with Crippen molar-refractivity contribution in [3.8, 4) is 0 Å². The molecule has 10 atom stereocenters. The predicted molar refractivity (Wildman–Crippen MR) is 137 cm³/mol. The van der Waals surface area contributed by atoms with Crippen LogP contribution in [0.1, 0.15) is 15.9 Å². The van der Waals surface area contributed by atoms with Crippen molar-refractivity contribution in [3.05, 3.63) is 69.0 Å². The number of aromatic nitrogens is 1. The Morgan fingerprint density at radius 3 is 2.38 bits per heavy atom. The summed E-state index contributed by atoms with van der Waals surface area (Å²) in [5, 5.41) is 73.5. The normalized spacial score (nSPS) is 33.2. The fourth-order valence-corrected chi connectivity index (χ4v) is 4.56. The van der Waals surface area contributed by atoms with Crippen LogP contribution in [0.5, 0.6) is 0 Å². The standard InChI is InChI=1S/C25H29ClN2O14/c26-13-4-3-11(6-14(13)28(36)37)9-39-24-21(34)19(32)22(15(8-29)40-24)42-25-20(33)18(31)17(30)16(41-25)10-38-23(35)12-2-1-5-27-7-12/h1-7,15-22,24-25,29-34H,8-10H2/t15-,16-,17-,18+,19-,20-,21-,22-,24-,25-/m1/s1. The van der Waals surface area contributed by atoms with Crippen LogP contribution in [0, 0.1) is 10.1 Å². The molecule has 0 unspecified atom stereocenters. The molecule has 0 radical (unpaired) electrons. The molecule has 2 aliphatic heterocycles. The second-order valence-electron chi connectivity index (χ2n) is 9.52. The number of nitrogens with zero attached hydrogens (tertiary/aromatic N) is 2. The van der Waals surface area contributed by atoms with E-state index in [1.807, 2.05) is 0 Å². The van der Waals surface area contributed by atoms with Gasteiger partial charge in [0.15, 0.2) is 12.6 Å². The first-order valence-electron chi connectivity index (χ1n) is 12.6. The van der Waals surface area contributed by atoms with Gasteiger partial charge in [-0.3, -0.25) is 15.1 Å². The molecule has 1 aromatic heterocycles. The second-order valence-corrected chi connectivity index (χ2v) is 9.92. The van der Waals surface area contributed by atoms with Crippen molar-refractivity contribution in [2.24, 2.45) is 0 Å². The van der Waals surface area contributed by atoms with Crippen molar-refractivity contribution in [1.29, 1.82) is 0 Å². The van der Waals surface area contributed by atoms with E-state index in [1.54, 1.807) is 0 Å². The topological polar surface area (TPSA) is 241 Å². The van der Waals surface area contributed by atoms with E-state index in [4.69, 9.17) is 35.3 Å². The lowest BCUT2D eigenvalue weighted by Gasteiger charge is -2.46. The number of carbonyl (C=O) groups is 1. The maximum Gasteiger partial charge on any atom is 0.339 e. The van der Waals surface area contributed by atoms with Gasteiger partial charge in [-0.2, -0.15) is 0 Å². The third-order valence-electron chi connectivity index (χ3n) is 6.68. The number of hydrogen-bond donors (Lipinski definition) is 6. The van der Waals surface area contributed by atoms with Gasteiger partial charge in [0.1, 0.15) is 60.5 Å². The first-order valence-corrected chi connectivity index (χ1v) is 13.0. The van der Waals surface area contributed by atoms with Gasteiger partial charge in [0, 0.05) is 18.5 Å². The highest BCUT2D eigenvalue weighted by molar-refractivity contribution is 6.32. The average Bonchev–Trinajstić information content (AvgIpc) is 2.99. The van der Waals surface area contributed by atoms with E-state index in [2.05, 4.69) is 4.98 Å². The summed E-state index contributed by atoms with van der Waals surface area (Å²) >= 11 is 5.81. The first kappa shape index (κ1) is 32.1. The maximum absolute atomic E-state index is 12.2. The highest BCUT2D eigenvalue weighted by Crippen LogP contribution is 2.31. The summed E-state index contributed by atoms with van der Waals surface area (Å²) in [7, 11) is 0. The molecule has 1 aromatic carbocycles. The molecule has 17 heteroatoms. The van der Waals surface area contributed by atoms with Crippen LogP contribution in [0.3, 0.4) is 0 Å². The fourth-order valence-electron chi connectivity index (χ4n) is 4.37. The van der Waals surface area contributed by atoms with E-state index in [0.29, 0.717) is 5.56 Å². The summed E-state index contributed by atoms with van der Waals surface area (Å²) in [5.41, 5.74) is 0.0504. The minimum Gasteiger partial charge on any atom is -0.459 e. The summed E-state index contributed by atoms with van der Waals surface area (Å²) in [5.74, 6) is -0.796. The van der Waals surface area contributed by atoms with Gasteiger partial charge in [-0.25, -0.2) is 4.79 Å². The second kappa shape index (κ2) is 14.1. The number of nitro benzene ring substituents is 1. The molecule has 0 aliphatic carbocycles. The molecule has 0 spiro atoms. The van der Waals surface area contributed by atoms with Gasteiger partial charge in [-0.1, -0.05) is 17.7 Å². The number of esters is 1. The van der Waals surface area contributed by atoms with Crippen molar-refractivity contribution in [3.63, 3.8) is 0 Å². The number of rotatable bonds is 10. The average molecular weight is 617 g/mol. The van der Waals surface area contributed by atoms with E-state index in [9.17, 15) is 45.5 Å². The number of halogens is 1. The monoisotopic (exact) mass is 616 g/mol. The zero-order chi connectivity index (χ0) is 30.6. The van der Waals surface area contributed by atoms with Crippen molar-refractivity contribution < 1.29 is 64.0 Å². The summed E-state index contributed by atoms with van der Waals surface area (Å²) in [6.45, 7) is -1.63. The largest absolute Gasteiger partial charge is 0.459 e. The summed E-state index contributed by atoms with van der Waals surface area (Å²) in [6, 6.07) is 6.85. The maximum atomic E-state index is 12.2. The Labute approximate surface area is 242 Å². The van der Waals surface area contributed by atoms with E-state index in [0.717, 1.165) is 6.07 Å². The van der Waals surface area contributed by atoms with Crippen LogP contribution in [0.2, 0.25) is 5.02 Å². The Balaban J connectivity index is 1.39. The Morgan fingerprint density at radius 1 is 1.00 bits per heavy atom. The van der Waals surface area contributed by atoms with Crippen LogP contribution < -0.4 is 0 Å². The van der Waals surface area contributed by atoms with E-state index in [-0.39, 0.29) is 22.9 Å². The van der Waals surface area contributed by atoms with Crippen LogP contribution in [-0.2, 0) is 30.3 Å². The smallest absolute Gasteiger partial charge is 0.339 e. The van der Waals surface area contributed by atoms with Crippen molar-refractivity contribution >= 4 is 23.3 Å². The van der Waals surface area contributed by atoms with Crippen molar-refractivity contribution in [1.82, 2.24) is 4.98 Å². The Hall–Kier alpha value is -2.87. The Kier molecular flexibility index (Phi) is 10.7. The number of nitro groups is 1. The summed E-state index contributed by atoms with van der Waals surface area (Å²) in [6.07, 6.45) is -13.8. The quantitative estimate of drug-likeness (QED) is 0.103. The molecule has 2 aromatic rings. The van der Waals surface area contributed by atoms with Crippen LogP contribution >= 0.6 is 11.6 Å². The number of benzene rings is 1. The van der Waals surface area contributed by atoms with Crippen LogP contribution in [0.25, 0.3) is 0 Å². The Morgan fingerprint density at radius 2 is 1.71 bits per heavy atom. The van der Waals surface area contributed by atoms with Gasteiger partial charge >= 0.3 is 5.97 Å². The molecule has 0 amide bonds. The van der Waals surface area contributed by atoms with E-state index < -0.39 is 85.5 Å². The third-order valence-corrected chi connectivity index (χ3v) is 7.00. The minimum absolute atomic E-state index is 0.0906. The highest BCUT2D eigenvalue weighted by atomic mass is 35.5. The molecule has 42 heavy (non-hydrogen) atoms. The minimum atomic E-state index is -1.86. The van der Waals surface area contributed by atoms with E-state index >= 15 is 0 Å². The number of hydrogen-bond acceptors (Lipinski definition) is 15. The first-order chi connectivity index (χ1) is 20.0. The molecular weight excluding hydrogens is 588 g/mol. The SMILES string of the molecule is O=C(OC[C@H]1O[C@H](O[C@H]2[C@H](O)[C@@H](O)[C@H](OCc3ccc(Cl)c([N+](=O)[O-])c3)O[C@@H]2CO)[C@H](O)[C@@H](O)[C@@H]1O)c1cccnc1. The van der Waals surface area contributed by atoms with Gasteiger partial charge in [0.2, 0.25) is 0 Å². The lowest BCUT2D eigenvalue weighted by atomic mass is 9.97. The Bertz CT molecular complexity index is 1220. The number of aliphatic hydroxyl groups is 6. The fraction of sp³-hybridized carbons (Fsp3) is 0.520. The van der Waals surface area contributed by atoms with Crippen molar-refractivity contribution in [2.75, 3.05) is 13.2 Å². The van der Waals surface area contributed by atoms with Gasteiger partial charge in [-0.15, -0.1) is 0 Å². The zero-order valence-corrected chi connectivity index (χ0v) is 22.4.